The summed E-state index contributed by atoms with van der Waals surface area (Å²) in [5, 5.41) is 2.85. The van der Waals surface area contributed by atoms with E-state index in [4.69, 9.17) is 0 Å². The Morgan fingerprint density at radius 3 is 2.61 bits per heavy atom. The molecule has 0 spiro atoms. The number of anilines is 1. The van der Waals surface area contributed by atoms with Crippen molar-refractivity contribution in [1.82, 2.24) is 9.47 Å². The maximum Gasteiger partial charge on any atom is 0.416 e. The number of hydrogen-bond acceptors (Lipinski definition) is 1. The third-order valence-corrected chi connectivity index (χ3v) is 5.09. The van der Waals surface area contributed by atoms with Crippen LogP contribution < -0.4 is 5.32 Å². The van der Waals surface area contributed by atoms with Crippen molar-refractivity contribution in [1.29, 1.82) is 0 Å². The Morgan fingerprint density at radius 1 is 1.13 bits per heavy atom. The van der Waals surface area contributed by atoms with Gasteiger partial charge >= 0.3 is 12.2 Å². The number of carbonyl (C=O) groups is 1. The van der Waals surface area contributed by atoms with Gasteiger partial charge in [-0.15, -0.1) is 6.58 Å². The van der Waals surface area contributed by atoms with E-state index >= 15 is 0 Å². The van der Waals surface area contributed by atoms with Gasteiger partial charge in [-0.25, -0.2) is 4.79 Å². The summed E-state index contributed by atoms with van der Waals surface area (Å²) in [4.78, 5) is 14.4. The normalized spacial score (nSPS) is 11.2. The first kappa shape index (κ1) is 22.7. The van der Waals surface area contributed by atoms with Crippen molar-refractivity contribution in [2.24, 2.45) is 0 Å². The van der Waals surface area contributed by atoms with Crippen LogP contribution in [0.5, 0.6) is 0 Å². The molecule has 0 fully saturated rings. The fraction of sp³-hybridized carbons (Fsp3) is 0.174. The summed E-state index contributed by atoms with van der Waals surface area (Å²) in [7, 11) is 0. The number of halogens is 4. The van der Waals surface area contributed by atoms with Gasteiger partial charge in [0.25, 0.3) is 0 Å². The standard InChI is InChI=1S/C23H21BrF3N3O/c1-2-11-30(22(31)28-20-9-4-8-19(24)14-20)16-21-10-5-12-29(21)15-17-6-3-7-18(13-17)23(25,26)27/h2-10,12-14H,1,11,15-16H2,(H,28,31). The summed E-state index contributed by atoms with van der Waals surface area (Å²) in [6.07, 6.45) is -0.977. The van der Waals surface area contributed by atoms with Crippen LogP contribution in [0.15, 0.2) is 84.0 Å². The second-order valence-electron chi connectivity index (χ2n) is 6.94. The molecule has 0 bridgehead atoms. The van der Waals surface area contributed by atoms with Gasteiger partial charge in [0, 0.05) is 35.1 Å². The summed E-state index contributed by atoms with van der Waals surface area (Å²) in [6.45, 7) is 4.57. The average molecular weight is 492 g/mol. The van der Waals surface area contributed by atoms with E-state index < -0.39 is 11.7 Å². The summed E-state index contributed by atoms with van der Waals surface area (Å²) in [5.41, 5.74) is 1.29. The van der Waals surface area contributed by atoms with Crippen LogP contribution in [0, 0.1) is 0 Å². The molecule has 2 amide bonds. The van der Waals surface area contributed by atoms with Gasteiger partial charge in [0.05, 0.1) is 12.1 Å². The van der Waals surface area contributed by atoms with Crippen molar-refractivity contribution in [3.63, 3.8) is 0 Å². The summed E-state index contributed by atoms with van der Waals surface area (Å²) in [5.74, 6) is 0. The van der Waals surface area contributed by atoms with Crippen LogP contribution >= 0.6 is 15.9 Å². The summed E-state index contributed by atoms with van der Waals surface area (Å²) < 4.78 is 41.7. The molecule has 1 heterocycles. The SMILES string of the molecule is C=CCN(Cc1cccn1Cc1cccc(C(F)(F)F)c1)C(=O)Nc1cccc(Br)c1. The lowest BCUT2D eigenvalue weighted by molar-refractivity contribution is -0.137. The molecule has 0 unspecified atom stereocenters. The molecule has 3 rings (SSSR count). The Labute approximate surface area is 187 Å². The van der Waals surface area contributed by atoms with E-state index in [9.17, 15) is 18.0 Å². The second kappa shape index (κ2) is 9.87. The van der Waals surface area contributed by atoms with E-state index in [0.717, 1.165) is 22.3 Å². The van der Waals surface area contributed by atoms with Crippen LogP contribution in [-0.2, 0) is 19.3 Å². The molecule has 0 aliphatic carbocycles. The number of hydrogen-bond donors (Lipinski definition) is 1. The number of rotatable bonds is 7. The lowest BCUT2D eigenvalue weighted by Crippen LogP contribution is -2.35. The van der Waals surface area contributed by atoms with Crippen molar-refractivity contribution in [3.05, 3.63) is 101 Å². The molecule has 4 nitrogen and oxygen atoms in total. The highest BCUT2D eigenvalue weighted by Crippen LogP contribution is 2.29. The van der Waals surface area contributed by atoms with Gasteiger partial charge < -0.3 is 14.8 Å². The number of nitrogens with one attached hydrogen (secondary N) is 1. The van der Waals surface area contributed by atoms with Gasteiger partial charge in [-0.05, 0) is 48.0 Å². The first-order valence-corrected chi connectivity index (χ1v) is 10.3. The second-order valence-corrected chi connectivity index (χ2v) is 7.85. The average Bonchev–Trinajstić information content (AvgIpc) is 3.14. The van der Waals surface area contributed by atoms with Crippen molar-refractivity contribution < 1.29 is 18.0 Å². The molecule has 0 aliphatic heterocycles. The predicted octanol–water partition coefficient (Wildman–Crippen LogP) is 6.54. The van der Waals surface area contributed by atoms with Crippen LogP contribution in [-0.4, -0.2) is 22.0 Å². The zero-order chi connectivity index (χ0) is 22.4. The first-order chi connectivity index (χ1) is 14.8. The minimum atomic E-state index is -4.39. The number of nitrogens with zero attached hydrogens (tertiary/aromatic N) is 2. The van der Waals surface area contributed by atoms with Gasteiger partial charge in [-0.2, -0.15) is 13.2 Å². The van der Waals surface area contributed by atoms with E-state index in [1.165, 1.54) is 6.07 Å². The zero-order valence-corrected chi connectivity index (χ0v) is 18.2. The quantitative estimate of drug-likeness (QED) is 0.374. The smallest absolute Gasteiger partial charge is 0.345 e. The molecule has 2 aromatic carbocycles. The summed E-state index contributed by atoms with van der Waals surface area (Å²) in [6, 6.07) is 15.9. The van der Waals surface area contributed by atoms with Gasteiger partial charge in [-0.1, -0.05) is 40.2 Å². The Kier molecular flexibility index (Phi) is 7.22. The number of alkyl halides is 3. The Hall–Kier alpha value is -3.00. The third-order valence-electron chi connectivity index (χ3n) is 4.60. The number of urea groups is 1. The topological polar surface area (TPSA) is 37.3 Å². The molecular weight excluding hydrogens is 471 g/mol. The van der Waals surface area contributed by atoms with E-state index in [1.54, 1.807) is 41.4 Å². The third kappa shape index (κ3) is 6.24. The fourth-order valence-corrected chi connectivity index (χ4v) is 3.53. The largest absolute Gasteiger partial charge is 0.416 e. The van der Waals surface area contributed by atoms with Gasteiger partial charge in [0.15, 0.2) is 0 Å². The maximum absolute atomic E-state index is 13.0. The van der Waals surface area contributed by atoms with E-state index in [2.05, 4.69) is 27.8 Å². The van der Waals surface area contributed by atoms with Gasteiger partial charge in [0.1, 0.15) is 0 Å². The molecule has 0 atom stereocenters. The number of aromatic nitrogens is 1. The van der Waals surface area contributed by atoms with E-state index in [-0.39, 0.29) is 19.1 Å². The molecular formula is C23H21BrF3N3O. The lowest BCUT2D eigenvalue weighted by atomic mass is 10.1. The van der Waals surface area contributed by atoms with Gasteiger partial charge in [0.2, 0.25) is 0 Å². The highest BCUT2D eigenvalue weighted by atomic mass is 79.9. The number of benzene rings is 2. The van der Waals surface area contributed by atoms with Crippen molar-refractivity contribution in [3.8, 4) is 0 Å². The molecule has 1 aromatic heterocycles. The minimum absolute atomic E-state index is 0.265. The summed E-state index contributed by atoms with van der Waals surface area (Å²) >= 11 is 3.37. The molecule has 0 radical (unpaired) electrons. The van der Waals surface area contributed by atoms with Crippen LogP contribution in [0.4, 0.5) is 23.7 Å². The van der Waals surface area contributed by atoms with Crippen molar-refractivity contribution in [2.45, 2.75) is 19.3 Å². The van der Waals surface area contributed by atoms with Gasteiger partial charge in [-0.3, -0.25) is 0 Å². The molecule has 0 saturated heterocycles. The monoisotopic (exact) mass is 491 g/mol. The zero-order valence-electron chi connectivity index (χ0n) is 16.6. The molecule has 0 aliphatic rings. The molecule has 3 aromatic rings. The predicted molar refractivity (Wildman–Crippen MR) is 119 cm³/mol. The highest BCUT2D eigenvalue weighted by molar-refractivity contribution is 9.10. The molecule has 0 saturated carbocycles. The molecule has 162 valence electrons. The Bertz CT molecular complexity index is 1060. The highest BCUT2D eigenvalue weighted by Gasteiger charge is 2.30. The molecule has 8 heteroatoms. The Morgan fingerprint density at radius 2 is 1.90 bits per heavy atom. The van der Waals surface area contributed by atoms with Crippen LogP contribution in [0.2, 0.25) is 0 Å². The fourth-order valence-electron chi connectivity index (χ4n) is 3.13. The number of amides is 2. The van der Waals surface area contributed by atoms with Crippen molar-refractivity contribution >= 4 is 27.6 Å². The lowest BCUT2D eigenvalue weighted by Gasteiger charge is -2.23. The van der Waals surface area contributed by atoms with Crippen LogP contribution in [0.3, 0.4) is 0 Å². The van der Waals surface area contributed by atoms with Crippen LogP contribution in [0.25, 0.3) is 0 Å². The molecule has 1 N–H and O–H groups in total. The number of carbonyl (C=O) groups excluding carboxylic acids is 1. The Balaban J connectivity index is 1.75. The van der Waals surface area contributed by atoms with Crippen LogP contribution in [0.1, 0.15) is 16.8 Å². The minimum Gasteiger partial charge on any atom is -0.345 e. The molecule has 31 heavy (non-hydrogen) atoms. The van der Waals surface area contributed by atoms with Crippen molar-refractivity contribution in [2.75, 3.05) is 11.9 Å². The maximum atomic E-state index is 13.0. The first-order valence-electron chi connectivity index (χ1n) is 9.49. The van der Waals surface area contributed by atoms with E-state index in [1.807, 2.05) is 22.8 Å². The van der Waals surface area contributed by atoms with E-state index in [0.29, 0.717) is 17.8 Å².